The van der Waals surface area contributed by atoms with E-state index in [-0.39, 0.29) is 11.5 Å². The van der Waals surface area contributed by atoms with E-state index >= 15 is 0 Å². The summed E-state index contributed by atoms with van der Waals surface area (Å²) in [5, 5.41) is 30.1. The molecular formula is C14H11N5O2S. The molecule has 0 aliphatic carbocycles. The first-order valence-electron chi connectivity index (χ1n) is 6.29. The lowest BCUT2D eigenvalue weighted by atomic mass is 10.2. The molecule has 0 aliphatic heterocycles. The molecule has 110 valence electrons. The highest BCUT2D eigenvalue weighted by Crippen LogP contribution is 2.21. The van der Waals surface area contributed by atoms with Gasteiger partial charge in [-0.05, 0) is 36.5 Å². The first-order valence-corrected chi connectivity index (χ1v) is 6.70. The number of rotatable bonds is 3. The second-order valence-corrected chi connectivity index (χ2v) is 4.78. The number of phenols is 2. The van der Waals surface area contributed by atoms with Gasteiger partial charge < -0.3 is 10.2 Å². The molecule has 0 fully saturated rings. The Morgan fingerprint density at radius 3 is 2.86 bits per heavy atom. The van der Waals surface area contributed by atoms with Crippen LogP contribution in [0.25, 0.3) is 11.4 Å². The van der Waals surface area contributed by atoms with E-state index in [1.165, 1.54) is 23.0 Å². The standard InChI is InChI=1S/C14H11N5O2S/c20-11-4-3-9(12(21)6-11)8-16-19-13(17-18-14(19)22)10-2-1-5-15-7-10/h1-8,20-21H,(H,18,22)/b16-8+. The fraction of sp³-hybridized carbons (Fsp3) is 0. The Balaban J connectivity index is 2.01. The monoisotopic (exact) mass is 313 g/mol. The van der Waals surface area contributed by atoms with Gasteiger partial charge >= 0.3 is 0 Å². The van der Waals surface area contributed by atoms with Crippen LogP contribution in [0.4, 0.5) is 0 Å². The summed E-state index contributed by atoms with van der Waals surface area (Å²) in [7, 11) is 0. The van der Waals surface area contributed by atoms with Crippen molar-refractivity contribution in [3.8, 4) is 22.9 Å². The first kappa shape index (κ1) is 14.0. The number of nitrogens with one attached hydrogen (secondary N) is 1. The second kappa shape index (κ2) is 5.78. The molecule has 0 aliphatic rings. The molecule has 0 saturated carbocycles. The van der Waals surface area contributed by atoms with E-state index in [9.17, 15) is 10.2 Å². The van der Waals surface area contributed by atoms with Gasteiger partial charge in [-0.15, -0.1) is 0 Å². The lowest BCUT2D eigenvalue weighted by molar-refractivity contribution is 0.450. The summed E-state index contributed by atoms with van der Waals surface area (Å²) in [4.78, 5) is 4.03. The Kier molecular flexibility index (Phi) is 3.67. The zero-order valence-electron chi connectivity index (χ0n) is 11.2. The predicted octanol–water partition coefficient (Wildman–Crippen LogP) is 2.30. The predicted molar refractivity (Wildman–Crippen MR) is 83.4 cm³/mol. The van der Waals surface area contributed by atoms with Crippen LogP contribution in [0.2, 0.25) is 0 Å². The van der Waals surface area contributed by atoms with Crippen molar-refractivity contribution in [2.45, 2.75) is 0 Å². The number of aromatic nitrogens is 4. The molecule has 0 amide bonds. The fourth-order valence-corrected chi connectivity index (χ4v) is 2.02. The summed E-state index contributed by atoms with van der Waals surface area (Å²) in [5.41, 5.74) is 1.19. The van der Waals surface area contributed by atoms with Crippen LogP contribution < -0.4 is 0 Å². The highest BCUT2D eigenvalue weighted by atomic mass is 32.1. The van der Waals surface area contributed by atoms with E-state index < -0.39 is 0 Å². The second-order valence-electron chi connectivity index (χ2n) is 4.39. The minimum absolute atomic E-state index is 0.0226. The number of hydrogen-bond acceptors (Lipinski definition) is 6. The van der Waals surface area contributed by atoms with E-state index in [0.29, 0.717) is 16.2 Å². The SMILES string of the molecule is Oc1ccc(/C=N/n2c(-c3cccnc3)n[nH]c2=S)c(O)c1. The quantitative estimate of drug-likeness (QED) is 0.509. The zero-order chi connectivity index (χ0) is 15.5. The van der Waals surface area contributed by atoms with Gasteiger partial charge in [-0.25, -0.2) is 5.10 Å². The number of phenolic OH excluding ortho intramolecular Hbond substituents is 2. The minimum Gasteiger partial charge on any atom is -0.508 e. The first-order chi connectivity index (χ1) is 10.6. The van der Waals surface area contributed by atoms with Crippen molar-refractivity contribution in [2.24, 2.45) is 5.10 Å². The van der Waals surface area contributed by atoms with Gasteiger partial charge in [0.2, 0.25) is 4.77 Å². The summed E-state index contributed by atoms with van der Waals surface area (Å²) >= 11 is 5.15. The van der Waals surface area contributed by atoms with E-state index in [1.54, 1.807) is 24.5 Å². The number of nitrogens with zero attached hydrogens (tertiary/aromatic N) is 4. The van der Waals surface area contributed by atoms with Crippen molar-refractivity contribution >= 4 is 18.4 Å². The Bertz CT molecular complexity index is 886. The van der Waals surface area contributed by atoms with Crippen LogP contribution in [0.15, 0.2) is 47.8 Å². The van der Waals surface area contributed by atoms with Crippen molar-refractivity contribution in [3.05, 3.63) is 53.1 Å². The third-order valence-electron chi connectivity index (χ3n) is 2.90. The summed E-state index contributed by atoms with van der Waals surface area (Å²) in [5.74, 6) is 0.403. The highest BCUT2D eigenvalue weighted by Gasteiger charge is 2.08. The van der Waals surface area contributed by atoms with Crippen LogP contribution in [0.3, 0.4) is 0 Å². The molecule has 1 aromatic carbocycles. The van der Waals surface area contributed by atoms with Gasteiger partial charge in [0.05, 0.1) is 6.21 Å². The number of aromatic amines is 1. The Labute approximate surface area is 130 Å². The number of H-pyrrole nitrogens is 1. The molecule has 3 rings (SSSR count). The van der Waals surface area contributed by atoms with Crippen LogP contribution >= 0.6 is 12.2 Å². The molecule has 0 atom stereocenters. The van der Waals surface area contributed by atoms with Gasteiger partial charge in [0.25, 0.3) is 0 Å². The Morgan fingerprint density at radius 2 is 2.14 bits per heavy atom. The Morgan fingerprint density at radius 1 is 1.27 bits per heavy atom. The van der Waals surface area contributed by atoms with E-state index in [1.807, 2.05) is 6.07 Å². The van der Waals surface area contributed by atoms with Crippen molar-refractivity contribution in [1.82, 2.24) is 19.9 Å². The third-order valence-corrected chi connectivity index (χ3v) is 3.16. The molecule has 0 radical (unpaired) electrons. The average Bonchev–Trinajstić information content (AvgIpc) is 2.88. The van der Waals surface area contributed by atoms with Gasteiger partial charge in [0, 0.05) is 29.6 Å². The molecule has 2 aromatic heterocycles. The van der Waals surface area contributed by atoms with Gasteiger partial charge in [0.15, 0.2) is 5.82 Å². The topological polar surface area (TPSA) is 99.3 Å². The maximum atomic E-state index is 9.76. The maximum Gasteiger partial charge on any atom is 0.216 e. The van der Waals surface area contributed by atoms with Crippen molar-refractivity contribution in [1.29, 1.82) is 0 Å². The van der Waals surface area contributed by atoms with Crippen LogP contribution in [-0.2, 0) is 0 Å². The molecule has 3 N–H and O–H groups in total. The lowest BCUT2D eigenvalue weighted by Crippen LogP contribution is -1.95. The summed E-state index contributed by atoms with van der Waals surface area (Å²) in [6.07, 6.45) is 4.74. The van der Waals surface area contributed by atoms with Crippen molar-refractivity contribution in [3.63, 3.8) is 0 Å². The molecule has 3 aromatic rings. The molecule has 0 saturated heterocycles. The largest absolute Gasteiger partial charge is 0.508 e. The lowest BCUT2D eigenvalue weighted by Gasteiger charge is -2.01. The smallest absolute Gasteiger partial charge is 0.216 e. The van der Waals surface area contributed by atoms with Crippen LogP contribution in [-0.4, -0.2) is 36.3 Å². The molecule has 0 bridgehead atoms. The number of aromatic hydroxyl groups is 2. The summed E-state index contributed by atoms with van der Waals surface area (Å²) < 4.78 is 1.74. The summed E-state index contributed by atoms with van der Waals surface area (Å²) in [6.45, 7) is 0. The van der Waals surface area contributed by atoms with Gasteiger partial charge in [-0.3, -0.25) is 4.98 Å². The normalized spacial score (nSPS) is 11.1. The number of pyridine rings is 1. The van der Waals surface area contributed by atoms with Gasteiger partial charge in [-0.2, -0.15) is 14.9 Å². The molecule has 7 nitrogen and oxygen atoms in total. The van der Waals surface area contributed by atoms with E-state index in [2.05, 4.69) is 20.3 Å². The van der Waals surface area contributed by atoms with E-state index in [4.69, 9.17) is 12.2 Å². The summed E-state index contributed by atoms with van der Waals surface area (Å²) in [6, 6.07) is 7.85. The molecule has 8 heteroatoms. The third kappa shape index (κ3) is 2.72. The minimum atomic E-state index is -0.0818. The van der Waals surface area contributed by atoms with Gasteiger partial charge in [-0.1, -0.05) is 0 Å². The van der Waals surface area contributed by atoms with E-state index in [0.717, 1.165) is 5.56 Å². The van der Waals surface area contributed by atoms with Gasteiger partial charge in [0.1, 0.15) is 11.5 Å². The average molecular weight is 313 g/mol. The molecule has 0 unspecified atom stereocenters. The van der Waals surface area contributed by atoms with Crippen LogP contribution in [0, 0.1) is 4.77 Å². The van der Waals surface area contributed by atoms with Crippen LogP contribution in [0.5, 0.6) is 11.5 Å². The number of hydrogen-bond donors (Lipinski definition) is 3. The molecular weight excluding hydrogens is 302 g/mol. The molecule has 0 spiro atoms. The van der Waals surface area contributed by atoms with Crippen LogP contribution in [0.1, 0.15) is 5.56 Å². The molecule has 2 heterocycles. The van der Waals surface area contributed by atoms with Crippen molar-refractivity contribution < 1.29 is 10.2 Å². The highest BCUT2D eigenvalue weighted by molar-refractivity contribution is 7.71. The maximum absolute atomic E-state index is 9.76. The number of benzene rings is 1. The van der Waals surface area contributed by atoms with Crippen molar-refractivity contribution in [2.75, 3.05) is 0 Å². The fourth-order valence-electron chi connectivity index (χ4n) is 1.84. The Hall–Kier alpha value is -3.00. The molecule has 22 heavy (non-hydrogen) atoms. The zero-order valence-corrected chi connectivity index (χ0v) is 12.0.